The summed E-state index contributed by atoms with van der Waals surface area (Å²) in [5, 5.41) is 9.55. The lowest BCUT2D eigenvalue weighted by molar-refractivity contribution is -0.128. The molecule has 1 fully saturated rings. The lowest BCUT2D eigenvalue weighted by atomic mass is 9.81. The Morgan fingerprint density at radius 1 is 1.04 bits per heavy atom. The number of ether oxygens (including phenoxy) is 2. The van der Waals surface area contributed by atoms with Gasteiger partial charge in [-0.1, -0.05) is 11.2 Å². The summed E-state index contributed by atoms with van der Waals surface area (Å²) in [5.41, 5.74) is 0.966. The molecule has 2 heterocycles. The standard InChI is InChI=1S/C20H23N3O5/c1-12-8-18(23-28-12)22-20(25)15-5-3-14(4-6-15)19(24)21-10-13-2-7-16-17(9-13)27-11-26-16/h2,7-9,14-15H,3-6,10-11H2,1H3,(H,21,24)(H,22,23,25). The molecule has 1 aliphatic carbocycles. The van der Waals surface area contributed by atoms with E-state index in [4.69, 9.17) is 14.0 Å². The number of carbonyl (C=O) groups is 2. The number of fused-ring (bicyclic) bond motifs is 1. The van der Waals surface area contributed by atoms with Gasteiger partial charge in [0.05, 0.1) is 0 Å². The molecular formula is C20H23N3O5. The zero-order valence-electron chi connectivity index (χ0n) is 15.7. The first-order valence-corrected chi connectivity index (χ1v) is 9.49. The molecule has 1 aliphatic heterocycles. The average Bonchev–Trinajstić information content (AvgIpc) is 3.34. The largest absolute Gasteiger partial charge is 0.454 e. The van der Waals surface area contributed by atoms with Crippen molar-refractivity contribution >= 4 is 17.6 Å². The topological polar surface area (TPSA) is 103 Å². The Labute approximate surface area is 162 Å². The maximum Gasteiger partial charge on any atom is 0.231 e. The summed E-state index contributed by atoms with van der Waals surface area (Å²) in [6.07, 6.45) is 2.77. The molecule has 148 valence electrons. The first-order chi connectivity index (χ1) is 13.6. The number of hydrogen-bond acceptors (Lipinski definition) is 6. The molecule has 2 amide bonds. The predicted molar refractivity (Wildman–Crippen MR) is 99.7 cm³/mol. The highest BCUT2D eigenvalue weighted by atomic mass is 16.7. The van der Waals surface area contributed by atoms with Crippen molar-refractivity contribution in [2.24, 2.45) is 11.8 Å². The van der Waals surface area contributed by atoms with Crippen LogP contribution in [0, 0.1) is 18.8 Å². The fraction of sp³-hybridized carbons (Fsp3) is 0.450. The van der Waals surface area contributed by atoms with Gasteiger partial charge in [0.25, 0.3) is 0 Å². The Hall–Kier alpha value is -3.03. The molecule has 8 nitrogen and oxygen atoms in total. The molecule has 4 rings (SSSR count). The number of amides is 2. The molecule has 28 heavy (non-hydrogen) atoms. The van der Waals surface area contributed by atoms with E-state index in [0.29, 0.717) is 49.6 Å². The zero-order chi connectivity index (χ0) is 19.5. The van der Waals surface area contributed by atoms with Gasteiger partial charge in [-0.3, -0.25) is 9.59 Å². The third kappa shape index (κ3) is 4.11. The number of hydrogen-bond donors (Lipinski definition) is 2. The summed E-state index contributed by atoms with van der Waals surface area (Å²) in [6.45, 7) is 2.45. The Bertz CT molecular complexity index is 870. The summed E-state index contributed by atoms with van der Waals surface area (Å²) in [6, 6.07) is 7.34. The van der Waals surface area contributed by atoms with Gasteiger partial charge in [0, 0.05) is 24.4 Å². The molecule has 1 aromatic heterocycles. The quantitative estimate of drug-likeness (QED) is 0.820. The van der Waals surface area contributed by atoms with Crippen molar-refractivity contribution in [3.8, 4) is 11.5 Å². The minimum absolute atomic E-state index is 0.0312. The van der Waals surface area contributed by atoms with Crippen molar-refractivity contribution < 1.29 is 23.6 Å². The van der Waals surface area contributed by atoms with E-state index in [2.05, 4.69) is 15.8 Å². The van der Waals surface area contributed by atoms with Gasteiger partial charge in [-0.15, -0.1) is 0 Å². The monoisotopic (exact) mass is 385 g/mol. The van der Waals surface area contributed by atoms with E-state index in [1.807, 2.05) is 18.2 Å². The molecule has 0 bridgehead atoms. The van der Waals surface area contributed by atoms with Gasteiger partial charge in [-0.25, -0.2) is 0 Å². The van der Waals surface area contributed by atoms with Gasteiger partial charge in [0.2, 0.25) is 18.6 Å². The molecule has 0 saturated heterocycles. The van der Waals surface area contributed by atoms with Crippen LogP contribution in [0.2, 0.25) is 0 Å². The second-order valence-corrected chi connectivity index (χ2v) is 7.27. The fourth-order valence-corrected chi connectivity index (χ4v) is 3.66. The van der Waals surface area contributed by atoms with Crippen molar-refractivity contribution in [2.75, 3.05) is 12.1 Å². The number of nitrogens with zero attached hydrogens (tertiary/aromatic N) is 1. The minimum atomic E-state index is -0.102. The Morgan fingerprint density at radius 3 is 2.46 bits per heavy atom. The smallest absolute Gasteiger partial charge is 0.231 e. The summed E-state index contributed by atoms with van der Waals surface area (Å²) >= 11 is 0. The van der Waals surface area contributed by atoms with Crippen LogP contribution in [0.3, 0.4) is 0 Å². The molecule has 2 aliphatic rings. The number of rotatable bonds is 5. The van der Waals surface area contributed by atoms with Crippen LogP contribution in [0.15, 0.2) is 28.8 Å². The highest BCUT2D eigenvalue weighted by Gasteiger charge is 2.30. The molecule has 2 aromatic rings. The summed E-state index contributed by atoms with van der Waals surface area (Å²) in [4.78, 5) is 24.8. The third-order valence-corrected chi connectivity index (χ3v) is 5.25. The molecule has 1 saturated carbocycles. The number of benzene rings is 1. The van der Waals surface area contributed by atoms with E-state index >= 15 is 0 Å². The molecule has 8 heteroatoms. The van der Waals surface area contributed by atoms with Crippen molar-refractivity contribution in [1.82, 2.24) is 10.5 Å². The molecule has 1 aromatic carbocycles. The second-order valence-electron chi connectivity index (χ2n) is 7.27. The SMILES string of the molecule is Cc1cc(NC(=O)C2CCC(C(=O)NCc3ccc4c(c3)OCO4)CC2)no1. The first kappa shape index (κ1) is 18.3. The summed E-state index contributed by atoms with van der Waals surface area (Å²) in [7, 11) is 0. The zero-order valence-corrected chi connectivity index (χ0v) is 15.7. The van der Waals surface area contributed by atoms with E-state index < -0.39 is 0 Å². The third-order valence-electron chi connectivity index (χ3n) is 5.25. The van der Waals surface area contributed by atoms with Crippen LogP contribution < -0.4 is 20.1 Å². The van der Waals surface area contributed by atoms with Crippen molar-refractivity contribution in [1.29, 1.82) is 0 Å². The Kier molecular flexibility index (Phi) is 5.18. The van der Waals surface area contributed by atoms with Crippen LogP contribution in [0.5, 0.6) is 11.5 Å². The number of aryl methyl sites for hydroxylation is 1. The van der Waals surface area contributed by atoms with Crippen LogP contribution in [0.25, 0.3) is 0 Å². The van der Waals surface area contributed by atoms with Crippen LogP contribution in [0.4, 0.5) is 5.82 Å². The van der Waals surface area contributed by atoms with E-state index in [-0.39, 0.29) is 30.4 Å². The normalized spacial score (nSPS) is 20.6. The van der Waals surface area contributed by atoms with Gasteiger partial charge in [-0.05, 0) is 50.3 Å². The second kappa shape index (κ2) is 7.92. The maximum atomic E-state index is 12.5. The molecule has 0 spiro atoms. The van der Waals surface area contributed by atoms with E-state index in [0.717, 1.165) is 11.3 Å². The highest BCUT2D eigenvalue weighted by Crippen LogP contribution is 2.33. The van der Waals surface area contributed by atoms with Crippen LogP contribution in [0.1, 0.15) is 37.0 Å². The average molecular weight is 385 g/mol. The number of anilines is 1. The van der Waals surface area contributed by atoms with E-state index in [1.54, 1.807) is 13.0 Å². The van der Waals surface area contributed by atoms with Crippen molar-refractivity contribution in [3.63, 3.8) is 0 Å². The molecule has 0 atom stereocenters. The van der Waals surface area contributed by atoms with Gasteiger partial charge < -0.3 is 24.6 Å². The van der Waals surface area contributed by atoms with E-state index in [1.165, 1.54) is 0 Å². The number of nitrogens with one attached hydrogen (secondary N) is 2. The summed E-state index contributed by atoms with van der Waals surface area (Å²) in [5.74, 6) is 2.33. The predicted octanol–water partition coefficient (Wildman–Crippen LogP) is 2.77. The van der Waals surface area contributed by atoms with Crippen LogP contribution >= 0.6 is 0 Å². The highest BCUT2D eigenvalue weighted by molar-refractivity contribution is 5.91. The van der Waals surface area contributed by atoms with Gasteiger partial charge in [0.1, 0.15) is 5.76 Å². The molecule has 0 unspecified atom stereocenters. The lowest BCUT2D eigenvalue weighted by Crippen LogP contribution is -2.35. The molecule has 2 N–H and O–H groups in total. The summed E-state index contributed by atoms with van der Waals surface area (Å²) < 4.78 is 15.6. The van der Waals surface area contributed by atoms with Crippen LogP contribution in [-0.4, -0.2) is 23.8 Å². The number of aromatic nitrogens is 1. The molecule has 0 radical (unpaired) electrons. The van der Waals surface area contributed by atoms with Crippen molar-refractivity contribution in [2.45, 2.75) is 39.2 Å². The fourth-order valence-electron chi connectivity index (χ4n) is 3.66. The Morgan fingerprint density at radius 2 is 1.75 bits per heavy atom. The van der Waals surface area contributed by atoms with Crippen LogP contribution in [-0.2, 0) is 16.1 Å². The first-order valence-electron chi connectivity index (χ1n) is 9.49. The maximum absolute atomic E-state index is 12.5. The van der Waals surface area contributed by atoms with E-state index in [9.17, 15) is 9.59 Å². The Balaban J connectivity index is 1.23. The van der Waals surface area contributed by atoms with Crippen molar-refractivity contribution in [3.05, 3.63) is 35.6 Å². The number of carbonyl (C=O) groups excluding carboxylic acids is 2. The van der Waals surface area contributed by atoms with Gasteiger partial charge >= 0.3 is 0 Å². The van der Waals surface area contributed by atoms with Gasteiger partial charge in [0.15, 0.2) is 17.3 Å². The minimum Gasteiger partial charge on any atom is -0.454 e. The van der Waals surface area contributed by atoms with Gasteiger partial charge in [-0.2, -0.15) is 0 Å². The lowest BCUT2D eigenvalue weighted by Gasteiger charge is -2.26. The molecular weight excluding hydrogens is 362 g/mol.